The fourth-order valence-corrected chi connectivity index (χ4v) is 4.46. The van der Waals surface area contributed by atoms with Crippen molar-refractivity contribution in [3.05, 3.63) is 38.3 Å². The smallest absolute Gasteiger partial charge is 0.283 e. The fourth-order valence-electron chi connectivity index (χ4n) is 2.27. The number of sulfone groups is 1. The van der Waals surface area contributed by atoms with Crippen LogP contribution in [0.25, 0.3) is 0 Å². The molecule has 1 aliphatic rings. The van der Waals surface area contributed by atoms with Crippen molar-refractivity contribution < 1.29 is 13.3 Å². The molecule has 0 radical (unpaired) electrons. The van der Waals surface area contributed by atoms with Crippen LogP contribution in [0, 0.1) is 10.1 Å². The lowest BCUT2D eigenvalue weighted by Crippen LogP contribution is -2.30. The maximum atomic E-state index is 11.7. The van der Waals surface area contributed by atoms with Gasteiger partial charge in [0.05, 0.1) is 20.4 Å². The van der Waals surface area contributed by atoms with Crippen LogP contribution >= 0.6 is 15.9 Å². The zero-order chi connectivity index (χ0) is 14.8. The molecule has 1 fully saturated rings. The summed E-state index contributed by atoms with van der Waals surface area (Å²) in [4.78, 5) is 10.4. The molecular formula is C12H15BrN2O4S. The van der Waals surface area contributed by atoms with Gasteiger partial charge in [-0.2, -0.15) is 0 Å². The Morgan fingerprint density at radius 3 is 2.80 bits per heavy atom. The number of nitro benzene ring substituents is 1. The SMILES string of the molecule is O=[N+]([O-])c1cc(CNCC2CCCS2(=O)=O)ccc1Br. The number of rotatable bonds is 5. The van der Waals surface area contributed by atoms with Crippen molar-refractivity contribution in [3.8, 4) is 0 Å². The number of hydrogen-bond donors (Lipinski definition) is 1. The number of halogens is 1. The summed E-state index contributed by atoms with van der Waals surface area (Å²) < 4.78 is 23.7. The lowest BCUT2D eigenvalue weighted by atomic mass is 10.2. The lowest BCUT2D eigenvalue weighted by Gasteiger charge is -2.10. The van der Waals surface area contributed by atoms with Gasteiger partial charge in [-0.3, -0.25) is 10.1 Å². The van der Waals surface area contributed by atoms with E-state index in [2.05, 4.69) is 21.2 Å². The van der Waals surface area contributed by atoms with E-state index in [1.807, 2.05) is 0 Å². The maximum absolute atomic E-state index is 11.7. The van der Waals surface area contributed by atoms with Crippen molar-refractivity contribution in [1.82, 2.24) is 5.32 Å². The third-order valence-electron chi connectivity index (χ3n) is 3.37. The van der Waals surface area contributed by atoms with Gasteiger partial charge in [0, 0.05) is 19.2 Å². The van der Waals surface area contributed by atoms with E-state index in [1.165, 1.54) is 6.07 Å². The summed E-state index contributed by atoms with van der Waals surface area (Å²) in [5.41, 5.74) is 0.771. The summed E-state index contributed by atoms with van der Waals surface area (Å²) >= 11 is 3.13. The number of hydrogen-bond acceptors (Lipinski definition) is 5. The quantitative estimate of drug-likeness (QED) is 0.639. The second kappa shape index (κ2) is 6.19. The number of nitrogens with one attached hydrogen (secondary N) is 1. The largest absolute Gasteiger partial charge is 0.311 e. The summed E-state index contributed by atoms with van der Waals surface area (Å²) in [5, 5.41) is 13.6. The zero-order valence-electron chi connectivity index (χ0n) is 10.7. The average Bonchev–Trinajstić information content (AvgIpc) is 2.70. The third kappa shape index (κ3) is 3.56. The number of nitrogens with zero attached hydrogens (tertiary/aromatic N) is 1. The molecule has 8 heteroatoms. The maximum Gasteiger partial charge on any atom is 0.283 e. The van der Waals surface area contributed by atoms with Crippen LogP contribution in [0.2, 0.25) is 0 Å². The summed E-state index contributed by atoms with van der Waals surface area (Å²) in [6.07, 6.45) is 1.41. The standard InChI is InChI=1S/C12H15BrN2O4S/c13-11-4-3-9(6-12(11)15(16)17)7-14-8-10-2-1-5-20(10,18)19/h3-4,6,10,14H,1-2,5,7-8H2. The number of benzene rings is 1. The fraction of sp³-hybridized carbons (Fsp3) is 0.500. The van der Waals surface area contributed by atoms with Gasteiger partial charge in [0.2, 0.25) is 0 Å². The van der Waals surface area contributed by atoms with Crippen molar-refractivity contribution >= 4 is 31.5 Å². The normalized spacial score (nSPS) is 20.9. The van der Waals surface area contributed by atoms with Gasteiger partial charge in [0.15, 0.2) is 9.84 Å². The Kier molecular flexibility index (Phi) is 4.77. The van der Waals surface area contributed by atoms with Crippen LogP contribution in [0.15, 0.2) is 22.7 Å². The van der Waals surface area contributed by atoms with Gasteiger partial charge in [0.25, 0.3) is 5.69 Å². The van der Waals surface area contributed by atoms with E-state index in [9.17, 15) is 18.5 Å². The van der Waals surface area contributed by atoms with Gasteiger partial charge in [-0.15, -0.1) is 0 Å². The molecule has 2 rings (SSSR count). The topological polar surface area (TPSA) is 89.3 Å². The Labute approximate surface area is 125 Å². The lowest BCUT2D eigenvalue weighted by molar-refractivity contribution is -0.385. The van der Waals surface area contributed by atoms with E-state index in [4.69, 9.17) is 0 Å². The summed E-state index contributed by atoms with van der Waals surface area (Å²) in [6.45, 7) is 0.812. The molecular weight excluding hydrogens is 348 g/mol. The van der Waals surface area contributed by atoms with Crippen LogP contribution in [0.4, 0.5) is 5.69 Å². The monoisotopic (exact) mass is 362 g/mol. The van der Waals surface area contributed by atoms with E-state index in [1.54, 1.807) is 12.1 Å². The second-order valence-corrected chi connectivity index (χ2v) is 8.06. The van der Waals surface area contributed by atoms with E-state index in [-0.39, 0.29) is 16.7 Å². The van der Waals surface area contributed by atoms with Crippen LogP contribution in [0.3, 0.4) is 0 Å². The molecule has 1 unspecified atom stereocenters. The van der Waals surface area contributed by atoms with Crippen molar-refractivity contribution in [1.29, 1.82) is 0 Å². The van der Waals surface area contributed by atoms with Gasteiger partial charge in [0.1, 0.15) is 0 Å². The van der Waals surface area contributed by atoms with Gasteiger partial charge in [-0.25, -0.2) is 8.42 Å². The first-order chi connectivity index (χ1) is 9.40. The molecule has 0 aliphatic carbocycles. The Hall–Kier alpha value is -0.990. The molecule has 0 aromatic heterocycles. The average molecular weight is 363 g/mol. The Morgan fingerprint density at radius 1 is 1.45 bits per heavy atom. The zero-order valence-corrected chi connectivity index (χ0v) is 13.1. The predicted molar refractivity (Wildman–Crippen MR) is 79.3 cm³/mol. The van der Waals surface area contributed by atoms with E-state index >= 15 is 0 Å². The minimum absolute atomic E-state index is 0.0118. The second-order valence-electron chi connectivity index (χ2n) is 4.80. The first-order valence-electron chi connectivity index (χ1n) is 6.25. The molecule has 1 aromatic carbocycles. The summed E-state index contributed by atoms with van der Waals surface area (Å²) in [5.74, 6) is 0.267. The van der Waals surface area contributed by atoms with Crippen LogP contribution in [0.5, 0.6) is 0 Å². The Balaban J connectivity index is 1.95. The molecule has 0 saturated carbocycles. The van der Waals surface area contributed by atoms with Crippen molar-refractivity contribution in [2.75, 3.05) is 12.3 Å². The first-order valence-corrected chi connectivity index (χ1v) is 8.76. The molecule has 1 atom stereocenters. The third-order valence-corrected chi connectivity index (χ3v) is 6.32. The Morgan fingerprint density at radius 2 is 2.20 bits per heavy atom. The molecule has 0 bridgehead atoms. The van der Waals surface area contributed by atoms with Crippen molar-refractivity contribution in [3.63, 3.8) is 0 Å². The highest BCUT2D eigenvalue weighted by Crippen LogP contribution is 2.25. The minimum Gasteiger partial charge on any atom is -0.311 e. The molecule has 0 spiro atoms. The molecule has 1 heterocycles. The highest BCUT2D eigenvalue weighted by atomic mass is 79.9. The van der Waals surface area contributed by atoms with E-state index in [0.717, 1.165) is 12.0 Å². The first kappa shape index (κ1) is 15.4. The predicted octanol–water partition coefficient (Wildman–Crippen LogP) is 2.02. The molecule has 0 amide bonds. The minimum atomic E-state index is -2.95. The van der Waals surface area contributed by atoms with Gasteiger partial charge < -0.3 is 5.32 Å². The molecule has 1 N–H and O–H groups in total. The molecule has 1 aliphatic heterocycles. The van der Waals surface area contributed by atoms with Crippen molar-refractivity contribution in [2.24, 2.45) is 0 Å². The van der Waals surface area contributed by atoms with Crippen LogP contribution in [-0.2, 0) is 16.4 Å². The summed E-state index contributed by atoms with van der Waals surface area (Å²) in [6, 6.07) is 4.88. The highest BCUT2D eigenvalue weighted by Gasteiger charge is 2.30. The number of nitro groups is 1. The van der Waals surface area contributed by atoms with Gasteiger partial charge in [-0.1, -0.05) is 6.07 Å². The summed E-state index contributed by atoms with van der Waals surface area (Å²) in [7, 11) is -2.95. The van der Waals surface area contributed by atoms with Crippen molar-refractivity contribution in [2.45, 2.75) is 24.6 Å². The van der Waals surface area contributed by atoms with E-state index < -0.39 is 14.8 Å². The van der Waals surface area contributed by atoms with Gasteiger partial charge >= 0.3 is 0 Å². The van der Waals surface area contributed by atoms with Gasteiger partial charge in [-0.05, 0) is 40.4 Å². The highest BCUT2D eigenvalue weighted by molar-refractivity contribution is 9.10. The molecule has 110 valence electrons. The van der Waals surface area contributed by atoms with Crippen LogP contribution in [-0.4, -0.2) is 30.9 Å². The Bertz CT molecular complexity index is 618. The van der Waals surface area contributed by atoms with Crippen LogP contribution in [0.1, 0.15) is 18.4 Å². The molecule has 6 nitrogen and oxygen atoms in total. The molecule has 1 aromatic rings. The molecule has 1 saturated heterocycles. The van der Waals surface area contributed by atoms with Crippen LogP contribution < -0.4 is 5.32 Å². The van der Waals surface area contributed by atoms with E-state index in [0.29, 0.717) is 24.0 Å². The molecule has 20 heavy (non-hydrogen) atoms.